The summed E-state index contributed by atoms with van der Waals surface area (Å²) in [5, 5.41) is 7.82. The molecule has 90 valence electrons. The quantitative estimate of drug-likeness (QED) is 0.900. The number of benzene rings is 1. The maximum atomic E-state index is 11.4. The van der Waals surface area contributed by atoms with Crippen molar-refractivity contribution in [2.24, 2.45) is 0 Å². The van der Waals surface area contributed by atoms with E-state index >= 15 is 0 Å². The molecule has 1 aromatic heterocycles. The zero-order valence-corrected chi connectivity index (χ0v) is 10.6. The van der Waals surface area contributed by atoms with E-state index in [1.165, 1.54) is 11.3 Å². The molecular formula is C11H12ClN3OS. The van der Waals surface area contributed by atoms with Crippen LogP contribution in [0.3, 0.4) is 0 Å². The molecule has 6 heteroatoms. The average Bonchev–Trinajstić information content (AvgIpc) is 2.81. The van der Waals surface area contributed by atoms with Crippen molar-refractivity contribution in [3.63, 3.8) is 0 Å². The molecule has 2 amide bonds. The van der Waals surface area contributed by atoms with Gasteiger partial charge in [0.05, 0.1) is 0 Å². The third kappa shape index (κ3) is 4.42. The summed E-state index contributed by atoms with van der Waals surface area (Å²) in [4.78, 5) is 15.4. The van der Waals surface area contributed by atoms with Gasteiger partial charge in [0.1, 0.15) is 0 Å². The van der Waals surface area contributed by atoms with Gasteiger partial charge in [-0.05, 0) is 5.56 Å². The van der Waals surface area contributed by atoms with Crippen molar-refractivity contribution in [2.45, 2.75) is 6.54 Å². The Bertz CT molecular complexity index is 447. The van der Waals surface area contributed by atoms with Crippen LogP contribution in [0, 0.1) is 0 Å². The molecule has 1 aromatic carbocycles. The molecule has 4 nitrogen and oxygen atoms in total. The number of amides is 2. The predicted molar refractivity (Wildman–Crippen MR) is 71.7 cm³/mol. The van der Waals surface area contributed by atoms with Crippen LogP contribution in [0.15, 0.2) is 41.9 Å². The van der Waals surface area contributed by atoms with Crippen LogP contribution in [-0.4, -0.2) is 11.0 Å². The van der Waals surface area contributed by atoms with Gasteiger partial charge in [0.25, 0.3) is 0 Å². The summed E-state index contributed by atoms with van der Waals surface area (Å²) >= 11 is 1.39. The first kappa shape index (κ1) is 13.5. The maximum absolute atomic E-state index is 11.4. The van der Waals surface area contributed by atoms with E-state index in [1.54, 1.807) is 6.20 Å². The molecule has 0 aliphatic carbocycles. The Labute approximate surface area is 109 Å². The van der Waals surface area contributed by atoms with Gasteiger partial charge in [0.15, 0.2) is 5.13 Å². The highest BCUT2D eigenvalue weighted by molar-refractivity contribution is 7.13. The molecule has 0 aliphatic rings. The minimum absolute atomic E-state index is 0. The number of halogens is 1. The number of rotatable bonds is 3. The Balaban J connectivity index is 0.00000144. The van der Waals surface area contributed by atoms with Crippen LogP contribution < -0.4 is 10.6 Å². The van der Waals surface area contributed by atoms with Crippen molar-refractivity contribution in [1.29, 1.82) is 0 Å². The van der Waals surface area contributed by atoms with E-state index in [2.05, 4.69) is 15.6 Å². The van der Waals surface area contributed by atoms with Gasteiger partial charge in [-0.3, -0.25) is 5.32 Å². The molecule has 2 rings (SSSR count). The Morgan fingerprint density at radius 1 is 1.29 bits per heavy atom. The summed E-state index contributed by atoms with van der Waals surface area (Å²) in [6.45, 7) is 0.512. The van der Waals surface area contributed by atoms with E-state index in [4.69, 9.17) is 0 Å². The number of urea groups is 1. The standard InChI is InChI=1S/C11H11N3OS.ClH/c15-10(14-11-12-6-7-16-11)13-8-9-4-2-1-3-5-9;/h1-7H,8H2,(H2,12,13,14,15);1H. The molecule has 0 fully saturated rings. The fourth-order valence-electron chi connectivity index (χ4n) is 1.20. The Morgan fingerprint density at radius 3 is 2.71 bits per heavy atom. The van der Waals surface area contributed by atoms with Crippen LogP contribution in [0.2, 0.25) is 0 Å². The molecule has 0 saturated heterocycles. The third-order valence-corrected chi connectivity index (χ3v) is 2.64. The fraction of sp³-hybridized carbons (Fsp3) is 0.0909. The van der Waals surface area contributed by atoms with Gasteiger partial charge in [0, 0.05) is 18.1 Å². The summed E-state index contributed by atoms with van der Waals surface area (Å²) in [5.41, 5.74) is 1.07. The molecule has 0 saturated carbocycles. The van der Waals surface area contributed by atoms with Gasteiger partial charge in [-0.2, -0.15) is 0 Å². The molecule has 1 heterocycles. The largest absolute Gasteiger partial charge is 0.334 e. The Kier molecular flexibility index (Phi) is 5.45. The topological polar surface area (TPSA) is 54.0 Å². The van der Waals surface area contributed by atoms with Crippen molar-refractivity contribution in [2.75, 3.05) is 5.32 Å². The first-order chi connectivity index (χ1) is 7.84. The second-order valence-electron chi connectivity index (χ2n) is 3.13. The lowest BCUT2D eigenvalue weighted by atomic mass is 10.2. The summed E-state index contributed by atoms with van der Waals surface area (Å²) in [6.07, 6.45) is 1.65. The molecule has 2 N–H and O–H groups in total. The predicted octanol–water partition coefficient (Wildman–Crippen LogP) is 2.89. The zero-order chi connectivity index (χ0) is 11.2. The summed E-state index contributed by atoms with van der Waals surface area (Å²) in [5.74, 6) is 0. The van der Waals surface area contributed by atoms with Crippen LogP contribution in [-0.2, 0) is 6.54 Å². The van der Waals surface area contributed by atoms with E-state index in [9.17, 15) is 4.79 Å². The van der Waals surface area contributed by atoms with Gasteiger partial charge >= 0.3 is 6.03 Å². The average molecular weight is 270 g/mol. The molecule has 0 spiro atoms. The lowest BCUT2D eigenvalue weighted by Crippen LogP contribution is -2.28. The highest BCUT2D eigenvalue weighted by Gasteiger charge is 2.02. The van der Waals surface area contributed by atoms with Gasteiger partial charge in [-0.1, -0.05) is 30.3 Å². The number of anilines is 1. The van der Waals surface area contributed by atoms with Gasteiger partial charge in [-0.25, -0.2) is 9.78 Å². The van der Waals surface area contributed by atoms with Crippen LogP contribution in [0.1, 0.15) is 5.56 Å². The monoisotopic (exact) mass is 269 g/mol. The van der Waals surface area contributed by atoms with Gasteiger partial charge < -0.3 is 5.32 Å². The van der Waals surface area contributed by atoms with Gasteiger partial charge in [0.2, 0.25) is 0 Å². The van der Waals surface area contributed by atoms with Crippen LogP contribution in [0.4, 0.5) is 9.93 Å². The summed E-state index contributed by atoms with van der Waals surface area (Å²) in [6, 6.07) is 9.51. The van der Waals surface area contributed by atoms with Crippen molar-refractivity contribution in [3.05, 3.63) is 47.5 Å². The second kappa shape index (κ2) is 6.88. The SMILES string of the molecule is Cl.O=C(NCc1ccccc1)Nc1nccs1. The molecule has 0 radical (unpaired) electrons. The molecular weight excluding hydrogens is 258 g/mol. The number of aromatic nitrogens is 1. The first-order valence-electron chi connectivity index (χ1n) is 4.83. The van der Waals surface area contributed by atoms with E-state index < -0.39 is 0 Å². The molecule has 0 atom stereocenters. The molecule has 2 aromatic rings. The van der Waals surface area contributed by atoms with E-state index in [-0.39, 0.29) is 18.4 Å². The number of carbonyl (C=O) groups excluding carboxylic acids is 1. The number of thiazole rings is 1. The number of nitrogens with one attached hydrogen (secondary N) is 2. The minimum Gasteiger partial charge on any atom is -0.334 e. The van der Waals surface area contributed by atoms with Gasteiger partial charge in [-0.15, -0.1) is 23.7 Å². The Hall–Kier alpha value is -1.59. The highest BCUT2D eigenvalue weighted by atomic mass is 35.5. The van der Waals surface area contributed by atoms with E-state index in [0.717, 1.165) is 5.56 Å². The molecule has 0 unspecified atom stereocenters. The smallest absolute Gasteiger partial charge is 0.321 e. The van der Waals surface area contributed by atoms with Crippen molar-refractivity contribution in [1.82, 2.24) is 10.3 Å². The third-order valence-electron chi connectivity index (χ3n) is 1.95. The van der Waals surface area contributed by atoms with E-state index in [0.29, 0.717) is 11.7 Å². The fourth-order valence-corrected chi connectivity index (χ4v) is 1.73. The van der Waals surface area contributed by atoms with E-state index in [1.807, 2.05) is 35.7 Å². The lowest BCUT2D eigenvalue weighted by molar-refractivity contribution is 0.251. The minimum atomic E-state index is -0.237. The maximum Gasteiger partial charge on any atom is 0.321 e. The van der Waals surface area contributed by atoms with Crippen molar-refractivity contribution >= 4 is 34.9 Å². The molecule has 0 bridgehead atoms. The second-order valence-corrected chi connectivity index (χ2v) is 4.03. The van der Waals surface area contributed by atoms with Crippen molar-refractivity contribution < 1.29 is 4.79 Å². The Morgan fingerprint density at radius 2 is 2.06 bits per heavy atom. The summed E-state index contributed by atoms with van der Waals surface area (Å²) in [7, 11) is 0. The highest BCUT2D eigenvalue weighted by Crippen LogP contribution is 2.09. The zero-order valence-electron chi connectivity index (χ0n) is 8.92. The van der Waals surface area contributed by atoms with Crippen LogP contribution >= 0.6 is 23.7 Å². The number of hydrogen-bond acceptors (Lipinski definition) is 3. The van der Waals surface area contributed by atoms with Crippen LogP contribution in [0.5, 0.6) is 0 Å². The molecule has 0 aliphatic heterocycles. The molecule has 17 heavy (non-hydrogen) atoms. The number of nitrogens with zero attached hydrogens (tertiary/aromatic N) is 1. The van der Waals surface area contributed by atoms with Crippen LogP contribution in [0.25, 0.3) is 0 Å². The number of hydrogen-bond donors (Lipinski definition) is 2. The van der Waals surface area contributed by atoms with Crippen molar-refractivity contribution in [3.8, 4) is 0 Å². The first-order valence-corrected chi connectivity index (χ1v) is 5.71. The normalized spacial score (nSPS) is 9.18. The lowest BCUT2D eigenvalue weighted by Gasteiger charge is -2.04. The number of carbonyl (C=O) groups is 1. The summed E-state index contributed by atoms with van der Waals surface area (Å²) < 4.78 is 0.